The van der Waals surface area contributed by atoms with Gasteiger partial charge in [0.05, 0.1) is 26.4 Å². The molecule has 0 saturated carbocycles. The van der Waals surface area contributed by atoms with Gasteiger partial charge in [-0.15, -0.1) is 13.2 Å². The summed E-state index contributed by atoms with van der Waals surface area (Å²) in [4.78, 5) is 0. The lowest BCUT2D eigenvalue weighted by atomic mass is 10.4. The molecule has 0 unspecified atom stereocenters. The second-order valence-electron chi connectivity index (χ2n) is 1.47. The van der Waals surface area contributed by atoms with Crippen LogP contribution in [0.2, 0.25) is 0 Å². The van der Waals surface area contributed by atoms with Crippen molar-refractivity contribution in [2.45, 2.75) is 6.10 Å². The summed E-state index contributed by atoms with van der Waals surface area (Å²) < 4.78 is 0. The first-order valence-electron chi connectivity index (χ1n) is 3.34. The average molecular weight is 182 g/mol. The van der Waals surface area contributed by atoms with Crippen LogP contribution in [0, 0.1) is 0 Å². The van der Waals surface area contributed by atoms with Crippen LogP contribution in [0.1, 0.15) is 0 Å². The third kappa shape index (κ3) is 33.8. The van der Waals surface area contributed by atoms with E-state index in [1.165, 1.54) is 0 Å². The van der Waals surface area contributed by atoms with Gasteiger partial charge in [-0.25, -0.2) is 0 Å². The van der Waals surface area contributed by atoms with Gasteiger partial charge in [0.15, 0.2) is 0 Å². The second kappa shape index (κ2) is 22.4. The Labute approximate surface area is 72.2 Å². The Morgan fingerprint density at radius 3 is 1.08 bits per heavy atom. The zero-order valence-electron chi connectivity index (χ0n) is 7.06. The monoisotopic (exact) mass is 182 g/mol. The molecule has 0 aliphatic heterocycles. The molecule has 0 aromatic heterocycles. The van der Waals surface area contributed by atoms with Crippen LogP contribution < -0.4 is 0 Å². The molecule has 12 heavy (non-hydrogen) atoms. The van der Waals surface area contributed by atoms with E-state index in [1.807, 2.05) is 0 Å². The molecule has 0 fully saturated rings. The van der Waals surface area contributed by atoms with Crippen LogP contribution in [0.3, 0.4) is 0 Å². The molecule has 0 aromatic carbocycles. The predicted octanol–water partition coefficient (Wildman–Crippen LogP) is -1.89. The van der Waals surface area contributed by atoms with E-state index in [4.69, 9.17) is 25.5 Å². The molecule has 0 saturated heterocycles. The van der Waals surface area contributed by atoms with Crippen LogP contribution in [0.4, 0.5) is 0 Å². The van der Waals surface area contributed by atoms with Crippen molar-refractivity contribution in [2.75, 3.05) is 26.4 Å². The first kappa shape index (κ1) is 17.6. The second-order valence-corrected chi connectivity index (χ2v) is 1.47. The number of aliphatic hydroxyl groups is 5. The molecule has 0 aliphatic carbocycles. The smallest absolute Gasteiger partial charge is 0.100 e. The summed E-state index contributed by atoms with van der Waals surface area (Å²) in [5, 5.41) is 39.3. The average Bonchev–Trinajstić information content (AvgIpc) is 2.20. The summed E-state index contributed by atoms with van der Waals surface area (Å²) in [5.74, 6) is 0. The lowest BCUT2D eigenvalue weighted by Gasteiger charge is -1.96. The van der Waals surface area contributed by atoms with Crippen LogP contribution in [0.15, 0.2) is 13.2 Å². The highest BCUT2D eigenvalue weighted by molar-refractivity contribution is 4.43. The summed E-state index contributed by atoms with van der Waals surface area (Å²) in [5.41, 5.74) is 0. The van der Waals surface area contributed by atoms with E-state index < -0.39 is 6.10 Å². The number of aliphatic hydroxyl groups excluding tert-OH is 5. The molecule has 5 heteroatoms. The van der Waals surface area contributed by atoms with Crippen LogP contribution in [0.25, 0.3) is 0 Å². The first-order chi connectivity index (χ1) is 5.72. The molecule has 0 atom stereocenters. The van der Waals surface area contributed by atoms with E-state index in [1.54, 1.807) is 0 Å². The van der Waals surface area contributed by atoms with Gasteiger partial charge in [-0.05, 0) is 0 Å². The molecule has 0 heterocycles. The third-order valence-electron chi connectivity index (χ3n) is 0.521. The fourth-order valence-electron chi connectivity index (χ4n) is 0.0577. The van der Waals surface area contributed by atoms with Gasteiger partial charge >= 0.3 is 0 Å². The molecule has 0 aliphatic rings. The third-order valence-corrected chi connectivity index (χ3v) is 0.521. The van der Waals surface area contributed by atoms with E-state index >= 15 is 0 Å². The Morgan fingerprint density at radius 1 is 0.833 bits per heavy atom. The van der Waals surface area contributed by atoms with Crippen molar-refractivity contribution in [1.29, 1.82) is 0 Å². The molecule has 76 valence electrons. The number of hydrogen-bond donors (Lipinski definition) is 5. The molecule has 0 amide bonds. The van der Waals surface area contributed by atoms with Gasteiger partial charge < -0.3 is 25.5 Å². The summed E-state index contributed by atoms with van der Waals surface area (Å²) in [7, 11) is 0. The van der Waals surface area contributed by atoms with E-state index in [0.717, 1.165) is 0 Å². The molecular formula is C7H18O5. The lowest BCUT2D eigenvalue weighted by Crippen LogP contribution is -2.15. The molecular weight excluding hydrogens is 164 g/mol. The van der Waals surface area contributed by atoms with Gasteiger partial charge in [0, 0.05) is 0 Å². The maximum absolute atomic E-state index is 8.17. The fraction of sp³-hybridized carbons (Fsp3) is 0.714. The molecule has 5 nitrogen and oxygen atoms in total. The molecule has 0 rings (SSSR count). The molecule has 0 radical (unpaired) electrons. The SMILES string of the molecule is C=C.OCC(O)CO.OCCO. The Kier molecular flexibility index (Phi) is 32.9. The van der Waals surface area contributed by atoms with Gasteiger partial charge in [0.1, 0.15) is 6.10 Å². The Bertz CT molecular complexity index is 53.8. The van der Waals surface area contributed by atoms with Crippen LogP contribution >= 0.6 is 0 Å². The summed E-state index contributed by atoms with van der Waals surface area (Å²) in [6.07, 6.45) is -0.954. The van der Waals surface area contributed by atoms with E-state index in [9.17, 15) is 0 Å². The highest BCUT2D eigenvalue weighted by Gasteiger charge is 1.93. The number of hydrogen-bond acceptors (Lipinski definition) is 5. The minimum atomic E-state index is -0.954. The largest absolute Gasteiger partial charge is 0.394 e. The van der Waals surface area contributed by atoms with Crippen molar-refractivity contribution in [3.05, 3.63) is 13.2 Å². The summed E-state index contributed by atoms with van der Waals surface area (Å²) in [6, 6.07) is 0. The minimum Gasteiger partial charge on any atom is -0.394 e. The molecule has 5 N–H and O–H groups in total. The highest BCUT2D eigenvalue weighted by atomic mass is 16.3. The lowest BCUT2D eigenvalue weighted by molar-refractivity contribution is 0.0450. The topological polar surface area (TPSA) is 101 Å². The Balaban J connectivity index is -0.000000118. The Hall–Kier alpha value is -0.460. The van der Waals surface area contributed by atoms with Gasteiger partial charge in [-0.2, -0.15) is 0 Å². The van der Waals surface area contributed by atoms with Crippen molar-refractivity contribution < 1.29 is 25.5 Å². The van der Waals surface area contributed by atoms with E-state index in [2.05, 4.69) is 13.2 Å². The van der Waals surface area contributed by atoms with Gasteiger partial charge in [0.2, 0.25) is 0 Å². The first-order valence-corrected chi connectivity index (χ1v) is 3.34. The highest BCUT2D eigenvalue weighted by Crippen LogP contribution is 1.71. The van der Waals surface area contributed by atoms with Crippen molar-refractivity contribution >= 4 is 0 Å². The molecule has 0 aromatic rings. The zero-order chi connectivity index (χ0) is 10.4. The van der Waals surface area contributed by atoms with E-state index in [-0.39, 0.29) is 26.4 Å². The Morgan fingerprint density at radius 2 is 1.08 bits per heavy atom. The van der Waals surface area contributed by atoms with Crippen molar-refractivity contribution in [2.24, 2.45) is 0 Å². The quantitative estimate of drug-likeness (QED) is 0.328. The van der Waals surface area contributed by atoms with Gasteiger partial charge in [0.25, 0.3) is 0 Å². The van der Waals surface area contributed by atoms with Crippen molar-refractivity contribution in [3.63, 3.8) is 0 Å². The minimum absolute atomic E-state index is 0.125. The predicted molar refractivity (Wildman–Crippen MR) is 45.6 cm³/mol. The summed E-state index contributed by atoms with van der Waals surface area (Å²) in [6.45, 7) is 5.02. The summed E-state index contributed by atoms with van der Waals surface area (Å²) >= 11 is 0. The zero-order valence-corrected chi connectivity index (χ0v) is 7.06. The van der Waals surface area contributed by atoms with Crippen LogP contribution in [-0.4, -0.2) is 58.1 Å². The van der Waals surface area contributed by atoms with Gasteiger partial charge in [-0.3, -0.25) is 0 Å². The van der Waals surface area contributed by atoms with Gasteiger partial charge in [-0.1, -0.05) is 0 Å². The molecule has 0 spiro atoms. The standard InChI is InChI=1S/C3H8O3.C2H6O2.C2H4/c4-1-3(6)2-5;3-1-2-4;1-2/h3-6H,1-2H2;3-4H,1-2H2;1-2H2. The molecule has 0 bridgehead atoms. The van der Waals surface area contributed by atoms with Crippen LogP contribution in [-0.2, 0) is 0 Å². The fourth-order valence-corrected chi connectivity index (χ4v) is 0.0577. The van der Waals surface area contributed by atoms with Crippen LogP contribution in [0.5, 0.6) is 0 Å². The maximum atomic E-state index is 8.17. The normalized spacial score (nSPS) is 7.83. The van der Waals surface area contributed by atoms with Crippen molar-refractivity contribution in [1.82, 2.24) is 0 Å². The van der Waals surface area contributed by atoms with E-state index in [0.29, 0.717) is 0 Å². The number of rotatable bonds is 3. The van der Waals surface area contributed by atoms with Crippen molar-refractivity contribution in [3.8, 4) is 0 Å². The maximum Gasteiger partial charge on any atom is 0.100 e.